The first kappa shape index (κ1) is 22.4. The standard InChI is InChI=1S/C23H21ClF3N5O3/c1-11-18-12(4-13(5-15(18)24)23(25,26)27)2-3-31(11)20(33)22-6-14(9-34-22)32(10-22)17-8-29-7-16-19(17)35-21(28)30-16/h4-5,7-8,11,14H,2-3,6,9-10H2,1H3,(H2,28,30)/t11-,14+,22+/m1/s1. The van der Waals surface area contributed by atoms with Crippen LogP contribution in [0.3, 0.4) is 0 Å². The number of nitrogens with zero attached hydrogens (tertiary/aromatic N) is 4. The number of amides is 1. The van der Waals surface area contributed by atoms with Crippen LogP contribution in [0.25, 0.3) is 11.1 Å². The van der Waals surface area contributed by atoms with Crippen molar-refractivity contribution in [1.82, 2.24) is 14.9 Å². The van der Waals surface area contributed by atoms with Gasteiger partial charge in [-0.25, -0.2) is 0 Å². The van der Waals surface area contributed by atoms with Gasteiger partial charge in [-0.15, -0.1) is 0 Å². The lowest BCUT2D eigenvalue weighted by Crippen LogP contribution is -2.55. The van der Waals surface area contributed by atoms with Gasteiger partial charge in [0.2, 0.25) is 0 Å². The lowest BCUT2D eigenvalue weighted by Gasteiger charge is -2.41. The van der Waals surface area contributed by atoms with Gasteiger partial charge in [0.05, 0.1) is 43.2 Å². The van der Waals surface area contributed by atoms with Gasteiger partial charge in [0.15, 0.2) is 11.2 Å². The van der Waals surface area contributed by atoms with E-state index in [0.29, 0.717) is 40.9 Å². The number of hydrogen-bond acceptors (Lipinski definition) is 7. The van der Waals surface area contributed by atoms with Crippen molar-refractivity contribution < 1.29 is 27.1 Å². The highest BCUT2D eigenvalue weighted by atomic mass is 35.5. The Morgan fingerprint density at radius 2 is 2.11 bits per heavy atom. The summed E-state index contributed by atoms with van der Waals surface area (Å²) in [5, 5.41) is 0.0104. The van der Waals surface area contributed by atoms with E-state index >= 15 is 0 Å². The molecule has 1 amide bonds. The fraction of sp³-hybridized carbons (Fsp3) is 0.435. The normalized spacial score (nSPS) is 26.0. The number of carbonyl (C=O) groups is 1. The number of nitrogen functional groups attached to an aromatic ring is 1. The molecule has 3 aliphatic rings. The smallest absolute Gasteiger partial charge is 0.416 e. The average molecular weight is 508 g/mol. The minimum atomic E-state index is -4.49. The number of morpholine rings is 1. The molecule has 1 aromatic carbocycles. The summed E-state index contributed by atoms with van der Waals surface area (Å²) in [6.07, 6.45) is -0.518. The molecule has 0 saturated carbocycles. The predicted octanol–water partition coefficient (Wildman–Crippen LogP) is 3.97. The van der Waals surface area contributed by atoms with Gasteiger partial charge in [-0.1, -0.05) is 11.6 Å². The van der Waals surface area contributed by atoms with Gasteiger partial charge in [0.25, 0.3) is 11.9 Å². The van der Waals surface area contributed by atoms with Gasteiger partial charge in [0.1, 0.15) is 11.2 Å². The van der Waals surface area contributed by atoms with Gasteiger partial charge in [0, 0.05) is 18.0 Å². The zero-order chi connectivity index (χ0) is 24.7. The third-order valence-corrected chi connectivity index (χ3v) is 7.60. The maximum Gasteiger partial charge on any atom is 0.416 e. The second-order valence-corrected chi connectivity index (χ2v) is 9.71. The quantitative estimate of drug-likeness (QED) is 0.560. The van der Waals surface area contributed by atoms with Crippen LogP contribution in [0, 0.1) is 0 Å². The topological polar surface area (TPSA) is 97.7 Å². The van der Waals surface area contributed by atoms with Crippen molar-refractivity contribution in [3.63, 3.8) is 0 Å². The molecule has 3 atom stereocenters. The number of pyridine rings is 1. The first-order chi connectivity index (χ1) is 16.6. The minimum Gasteiger partial charge on any atom is -0.421 e. The molecule has 0 spiro atoms. The summed E-state index contributed by atoms with van der Waals surface area (Å²) < 4.78 is 51.4. The number of rotatable bonds is 2. The SMILES string of the molecule is C[C@@H]1c2c(Cl)cc(C(F)(F)F)cc2CCN1C(=O)[C@@]12C[C@@H](CO1)N(c1cncc3nc(N)oc13)C2. The van der Waals surface area contributed by atoms with Crippen molar-refractivity contribution in [1.29, 1.82) is 0 Å². The summed E-state index contributed by atoms with van der Waals surface area (Å²) in [6, 6.07) is 1.54. The summed E-state index contributed by atoms with van der Waals surface area (Å²) >= 11 is 6.30. The predicted molar refractivity (Wildman–Crippen MR) is 121 cm³/mol. The molecule has 2 saturated heterocycles. The van der Waals surface area contributed by atoms with E-state index < -0.39 is 23.4 Å². The third kappa shape index (κ3) is 3.35. The van der Waals surface area contributed by atoms with Crippen LogP contribution in [-0.2, 0) is 22.1 Å². The van der Waals surface area contributed by atoms with Gasteiger partial charge < -0.3 is 24.7 Å². The Morgan fingerprint density at radius 1 is 1.31 bits per heavy atom. The maximum atomic E-state index is 13.9. The van der Waals surface area contributed by atoms with Gasteiger partial charge in [-0.05, 0) is 36.6 Å². The van der Waals surface area contributed by atoms with Crippen molar-refractivity contribution >= 4 is 40.3 Å². The van der Waals surface area contributed by atoms with Crippen molar-refractivity contribution in [3.05, 3.63) is 46.2 Å². The first-order valence-corrected chi connectivity index (χ1v) is 11.6. The van der Waals surface area contributed by atoms with Crippen LogP contribution in [-0.4, -0.2) is 52.1 Å². The molecule has 0 radical (unpaired) electrons. The fourth-order valence-electron chi connectivity index (χ4n) is 5.67. The van der Waals surface area contributed by atoms with E-state index in [-0.39, 0.29) is 42.5 Å². The molecule has 3 aromatic rings. The molecule has 8 nitrogen and oxygen atoms in total. The molecule has 2 bridgehead atoms. The lowest BCUT2D eigenvalue weighted by atomic mass is 9.89. The molecule has 6 rings (SSSR count). The molecule has 2 fully saturated rings. The highest BCUT2D eigenvalue weighted by Crippen LogP contribution is 2.46. The Morgan fingerprint density at radius 3 is 2.89 bits per heavy atom. The van der Waals surface area contributed by atoms with Crippen LogP contribution in [0.1, 0.15) is 36.1 Å². The Bertz CT molecular complexity index is 1360. The third-order valence-electron chi connectivity index (χ3n) is 7.29. The Balaban J connectivity index is 1.30. The number of nitrogens with two attached hydrogens (primary N) is 1. The van der Waals surface area contributed by atoms with Crippen LogP contribution in [0.2, 0.25) is 5.02 Å². The number of oxazole rings is 1. The van der Waals surface area contributed by atoms with E-state index in [9.17, 15) is 18.0 Å². The van der Waals surface area contributed by atoms with Crippen molar-refractivity contribution in [2.45, 2.75) is 43.6 Å². The first-order valence-electron chi connectivity index (χ1n) is 11.2. The van der Waals surface area contributed by atoms with Crippen LogP contribution in [0.5, 0.6) is 0 Å². The van der Waals surface area contributed by atoms with Crippen LogP contribution in [0.15, 0.2) is 28.9 Å². The van der Waals surface area contributed by atoms with E-state index in [1.54, 1.807) is 24.2 Å². The summed E-state index contributed by atoms with van der Waals surface area (Å²) in [5.41, 5.74) is 6.64. The van der Waals surface area contributed by atoms with E-state index in [4.69, 9.17) is 26.5 Å². The van der Waals surface area contributed by atoms with E-state index in [1.165, 1.54) is 0 Å². The van der Waals surface area contributed by atoms with Crippen LogP contribution in [0.4, 0.5) is 24.9 Å². The molecule has 5 heterocycles. The van der Waals surface area contributed by atoms with E-state index in [2.05, 4.69) is 9.97 Å². The number of fused-ring (bicyclic) bond motifs is 4. The largest absolute Gasteiger partial charge is 0.421 e. The van der Waals surface area contributed by atoms with Gasteiger partial charge in [-0.2, -0.15) is 18.2 Å². The van der Waals surface area contributed by atoms with E-state index in [1.807, 2.05) is 4.90 Å². The molecule has 0 aliphatic carbocycles. The minimum absolute atomic E-state index is 0.0104. The number of ether oxygens (including phenoxy) is 1. The highest BCUT2D eigenvalue weighted by molar-refractivity contribution is 6.31. The molecular weight excluding hydrogens is 487 g/mol. The molecule has 0 unspecified atom stereocenters. The zero-order valence-electron chi connectivity index (χ0n) is 18.6. The van der Waals surface area contributed by atoms with Gasteiger partial charge in [-0.3, -0.25) is 9.78 Å². The maximum absolute atomic E-state index is 13.9. The van der Waals surface area contributed by atoms with Crippen molar-refractivity contribution in [3.8, 4) is 0 Å². The molecule has 12 heteroatoms. The molecule has 184 valence electrons. The number of aromatic nitrogens is 2. The lowest BCUT2D eigenvalue weighted by molar-refractivity contribution is -0.155. The average Bonchev–Trinajstić information content (AvgIpc) is 3.50. The Kier molecular flexibility index (Phi) is 4.79. The molecule has 3 aliphatic heterocycles. The molecular formula is C23H21ClF3N5O3. The molecule has 2 N–H and O–H groups in total. The van der Waals surface area contributed by atoms with Crippen LogP contribution < -0.4 is 10.6 Å². The Hall–Kier alpha value is -3.05. The number of benzene rings is 1. The summed E-state index contributed by atoms with van der Waals surface area (Å²) in [5.74, 6) is -0.200. The zero-order valence-corrected chi connectivity index (χ0v) is 19.4. The number of alkyl halides is 3. The van der Waals surface area contributed by atoms with E-state index in [0.717, 1.165) is 12.1 Å². The summed E-state index contributed by atoms with van der Waals surface area (Å²) in [6.45, 7) is 2.69. The van der Waals surface area contributed by atoms with Crippen LogP contribution >= 0.6 is 11.6 Å². The second kappa shape index (κ2) is 7.47. The number of hydrogen-bond donors (Lipinski definition) is 1. The van der Waals surface area contributed by atoms with Crippen molar-refractivity contribution in [2.75, 3.05) is 30.3 Å². The monoisotopic (exact) mass is 507 g/mol. The second-order valence-electron chi connectivity index (χ2n) is 9.30. The number of anilines is 2. The van der Waals surface area contributed by atoms with Crippen molar-refractivity contribution in [2.24, 2.45) is 0 Å². The Labute approximate surface area is 202 Å². The fourth-order valence-corrected chi connectivity index (χ4v) is 6.07. The number of carbonyl (C=O) groups excluding carboxylic acids is 1. The molecule has 35 heavy (non-hydrogen) atoms. The number of halogens is 4. The summed E-state index contributed by atoms with van der Waals surface area (Å²) in [7, 11) is 0. The van der Waals surface area contributed by atoms with Gasteiger partial charge >= 0.3 is 6.18 Å². The summed E-state index contributed by atoms with van der Waals surface area (Å²) in [4.78, 5) is 25.9. The highest BCUT2D eigenvalue weighted by Gasteiger charge is 2.58. The molecule has 2 aromatic heterocycles.